The molecule has 0 saturated carbocycles. The summed E-state index contributed by atoms with van der Waals surface area (Å²) in [7, 11) is -5.62. The number of alkyl halides is 3. The van der Waals surface area contributed by atoms with Gasteiger partial charge in [0.15, 0.2) is 5.79 Å². The Labute approximate surface area is 121 Å². The molecule has 0 aromatic heterocycles. The largest absolute Gasteiger partial charge is 0.534 e. The van der Waals surface area contributed by atoms with E-state index >= 15 is 0 Å². The van der Waals surface area contributed by atoms with Crippen LogP contribution in [0.15, 0.2) is 11.8 Å². The van der Waals surface area contributed by atoms with Crippen molar-refractivity contribution in [1.82, 2.24) is 0 Å². The summed E-state index contributed by atoms with van der Waals surface area (Å²) in [6, 6.07) is 0. The highest BCUT2D eigenvalue weighted by molar-refractivity contribution is 7.87. The number of hydrogen-bond acceptors (Lipinski definition) is 5. The van der Waals surface area contributed by atoms with E-state index < -0.39 is 21.4 Å². The first-order valence-corrected chi connectivity index (χ1v) is 8.09. The molecule has 1 aliphatic carbocycles. The predicted octanol–water partition coefficient (Wildman–Crippen LogP) is 2.69. The fourth-order valence-corrected chi connectivity index (χ4v) is 3.18. The van der Waals surface area contributed by atoms with E-state index in [1.54, 1.807) is 0 Å². The number of halogens is 3. The van der Waals surface area contributed by atoms with E-state index in [1.807, 2.05) is 6.92 Å². The molecule has 9 heteroatoms. The summed E-state index contributed by atoms with van der Waals surface area (Å²) >= 11 is 0. The van der Waals surface area contributed by atoms with E-state index in [-0.39, 0.29) is 24.5 Å². The molecule has 1 fully saturated rings. The van der Waals surface area contributed by atoms with Gasteiger partial charge < -0.3 is 13.7 Å². The van der Waals surface area contributed by atoms with Crippen molar-refractivity contribution < 1.29 is 35.2 Å². The first-order chi connectivity index (χ1) is 9.70. The molecule has 0 aromatic carbocycles. The second-order valence-corrected chi connectivity index (χ2v) is 6.54. The van der Waals surface area contributed by atoms with Gasteiger partial charge >= 0.3 is 15.6 Å². The molecule has 122 valence electrons. The van der Waals surface area contributed by atoms with Gasteiger partial charge in [0.1, 0.15) is 5.76 Å². The fraction of sp³-hybridized carbons (Fsp3) is 0.833. The van der Waals surface area contributed by atoms with Crippen molar-refractivity contribution in [2.45, 2.75) is 43.9 Å². The van der Waals surface area contributed by atoms with Crippen molar-refractivity contribution in [2.24, 2.45) is 5.92 Å². The van der Waals surface area contributed by atoms with Gasteiger partial charge in [0.25, 0.3) is 0 Å². The Hall–Kier alpha value is -0.800. The van der Waals surface area contributed by atoms with Gasteiger partial charge in [0.05, 0.1) is 13.2 Å². The molecular weight excluding hydrogens is 313 g/mol. The minimum Gasteiger partial charge on any atom is -0.381 e. The monoisotopic (exact) mass is 330 g/mol. The van der Waals surface area contributed by atoms with E-state index in [0.717, 1.165) is 0 Å². The van der Waals surface area contributed by atoms with Gasteiger partial charge in [-0.3, -0.25) is 0 Å². The second kappa shape index (κ2) is 5.77. The highest BCUT2D eigenvalue weighted by Crippen LogP contribution is 2.41. The van der Waals surface area contributed by atoms with Crippen LogP contribution in [0.1, 0.15) is 32.6 Å². The zero-order chi connectivity index (χ0) is 15.7. The molecule has 0 radical (unpaired) electrons. The maximum Gasteiger partial charge on any atom is 0.534 e. The first-order valence-electron chi connectivity index (χ1n) is 6.68. The van der Waals surface area contributed by atoms with Gasteiger partial charge in [-0.1, -0.05) is 6.92 Å². The van der Waals surface area contributed by atoms with Crippen LogP contribution >= 0.6 is 0 Å². The number of allylic oxidation sites excluding steroid dienone is 2. The molecule has 1 spiro atoms. The van der Waals surface area contributed by atoms with Crippen molar-refractivity contribution in [2.75, 3.05) is 13.2 Å². The maximum atomic E-state index is 12.3. The summed E-state index contributed by atoms with van der Waals surface area (Å²) < 4.78 is 74.6. The summed E-state index contributed by atoms with van der Waals surface area (Å²) in [5, 5.41) is 0. The second-order valence-electron chi connectivity index (χ2n) is 5.00. The Morgan fingerprint density at radius 3 is 2.52 bits per heavy atom. The van der Waals surface area contributed by atoms with Crippen LogP contribution in [0.3, 0.4) is 0 Å². The molecule has 5 nitrogen and oxygen atoms in total. The smallest absolute Gasteiger partial charge is 0.381 e. The lowest BCUT2D eigenvalue weighted by atomic mass is 9.91. The minimum atomic E-state index is -5.62. The highest BCUT2D eigenvalue weighted by Gasteiger charge is 2.50. The summed E-state index contributed by atoms with van der Waals surface area (Å²) in [5.41, 5.74) is -5.43. The van der Waals surface area contributed by atoms with Crippen molar-refractivity contribution in [3.05, 3.63) is 11.8 Å². The molecular formula is C12H17F3O5S. The number of ether oxygens (including phenoxy) is 2. The van der Waals surface area contributed by atoms with Gasteiger partial charge in [-0.25, -0.2) is 0 Å². The molecule has 2 aliphatic rings. The third-order valence-electron chi connectivity index (χ3n) is 3.74. The van der Waals surface area contributed by atoms with Gasteiger partial charge in [-0.2, -0.15) is 21.6 Å². The van der Waals surface area contributed by atoms with E-state index in [4.69, 9.17) is 9.47 Å². The lowest BCUT2D eigenvalue weighted by molar-refractivity contribution is -0.198. The zero-order valence-corrected chi connectivity index (χ0v) is 12.3. The Morgan fingerprint density at radius 1 is 1.38 bits per heavy atom. The van der Waals surface area contributed by atoms with E-state index in [2.05, 4.69) is 4.18 Å². The molecule has 1 heterocycles. The van der Waals surface area contributed by atoms with Crippen molar-refractivity contribution in [1.29, 1.82) is 0 Å². The maximum absolute atomic E-state index is 12.3. The SMILES string of the molecule is CCC1CC=C(OS(=O)(=O)C(F)(F)F)CCC12OCCO2. The van der Waals surface area contributed by atoms with Crippen LogP contribution in [0.5, 0.6) is 0 Å². The number of rotatable bonds is 3. The standard InChI is InChI=1S/C12H17F3O5S/c1-2-9-3-4-10(20-21(16,17)12(13,14)15)5-6-11(9)18-7-8-19-11/h4,9H,2-3,5-8H2,1H3. The van der Waals surface area contributed by atoms with Gasteiger partial charge in [0, 0.05) is 18.8 Å². The highest BCUT2D eigenvalue weighted by atomic mass is 32.2. The van der Waals surface area contributed by atoms with E-state index in [0.29, 0.717) is 26.1 Å². The van der Waals surface area contributed by atoms with Crippen LogP contribution in [0.4, 0.5) is 13.2 Å². The Morgan fingerprint density at radius 2 is 2.00 bits per heavy atom. The zero-order valence-electron chi connectivity index (χ0n) is 11.5. The van der Waals surface area contributed by atoms with Gasteiger partial charge in [-0.15, -0.1) is 0 Å². The minimum absolute atomic E-state index is 0.0197. The summed E-state index contributed by atoms with van der Waals surface area (Å²) in [5.74, 6) is -1.10. The Balaban J connectivity index is 2.13. The summed E-state index contributed by atoms with van der Waals surface area (Å²) in [4.78, 5) is 0. The van der Waals surface area contributed by atoms with Gasteiger partial charge in [-0.05, 0) is 18.9 Å². The Bertz CT molecular complexity index is 505. The number of hydrogen-bond donors (Lipinski definition) is 0. The quantitative estimate of drug-likeness (QED) is 0.588. The van der Waals surface area contributed by atoms with Crippen LogP contribution in [-0.2, 0) is 23.8 Å². The van der Waals surface area contributed by atoms with Crippen LogP contribution in [0.2, 0.25) is 0 Å². The third kappa shape index (κ3) is 3.35. The summed E-state index contributed by atoms with van der Waals surface area (Å²) in [6.45, 7) is 2.77. The molecule has 0 amide bonds. The molecule has 21 heavy (non-hydrogen) atoms. The molecule has 2 rings (SSSR count). The fourth-order valence-electron chi connectivity index (χ4n) is 2.65. The molecule has 1 unspecified atom stereocenters. The van der Waals surface area contributed by atoms with Crippen LogP contribution in [0, 0.1) is 5.92 Å². The molecule has 1 saturated heterocycles. The van der Waals surface area contributed by atoms with Crippen LogP contribution in [0.25, 0.3) is 0 Å². The topological polar surface area (TPSA) is 61.8 Å². The van der Waals surface area contributed by atoms with Crippen molar-refractivity contribution >= 4 is 10.1 Å². The normalized spacial score (nSPS) is 26.5. The average molecular weight is 330 g/mol. The molecule has 0 aromatic rings. The molecule has 1 atom stereocenters. The third-order valence-corrected chi connectivity index (χ3v) is 4.74. The average Bonchev–Trinajstić information content (AvgIpc) is 2.77. The lowest BCUT2D eigenvalue weighted by Crippen LogP contribution is -2.38. The van der Waals surface area contributed by atoms with E-state index in [1.165, 1.54) is 6.08 Å². The molecule has 1 aliphatic heterocycles. The first kappa shape index (κ1) is 16.6. The molecule has 0 bridgehead atoms. The van der Waals surface area contributed by atoms with E-state index in [9.17, 15) is 21.6 Å². The van der Waals surface area contributed by atoms with Gasteiger partial charge in [0.2, 0.25) is 0 Å². The molecule has 0 N–H and O–H groups in total. The van der Waals surface area contributed by atoms with Crippen molar-refractivity contribution in [3.63, 3.8) is 0 Å². The van der Waals surface area contributed by atoms with Crippen molar-refractivity contribution in [3.8, 4) is 0 Å². The van der Waals surface area contributed by atoms with Crippen LogP contribution in [-0.4, -0.2) is 32.9 Å². The Kier molecular flexibility index (Phi) is 4.55. The lowest BCUT2D eigenvalue weighted by Gasteiger charge is -2.33. The van der Waals surface area contributed by atoms with Crippen LogP contribution < -0.4 is 0 Å². The summed E-state index contributed by atoms with van der Waals surface area (Å²) in [6.07, 6.45) is 2.72. The predicted molar refractivity (Wildman–Crippen MR) is 66.4 cm³/mol.